The molecular formula is C15H30N4O3. The van der Waals surface area contributed by atoms with E-state index in [1.807, 2.05) is 0 Å². The van der Waals surface area contributed by atoms with Crippen molar-refractivity contribution >= 4 is 11.9 Å². The van der Waals surface area contributed by atoms with Gasteiger partial charge < -0.3 is 20.1 Å². The van der Waals surface area contributed by atoms with Crippen molar-refractivity contribution < 1.29 is 14.3 Å². The molecule has 0 spiro atoms. The molecule has 0 radical (unpaired) electrons. The van der Waals surface area contributed by atoms with Crippen molar-refractivity contribution in [2.75, 3.05) is 53.5 Å². The molecule has 1 saturated heterocycles. The maximum atomic E-state index is 11.1. The van der Waals surface area contributed by atoms with Gasteiger partial charge in [0.25, 0.3) is 0 Å². The Kier molecular flexibility index (Phi) is 8.84. The Balaban J connectivity index is 2.26. The van der Waals surface area contributed by atoms with Gasteiger partial charge in [-0.2, -0.15) is 0 Å². The van der Waals surface area contributed by atoms with Crippen LogP contribution in [0.25, 0.3) is 0 Å². The molecule has 1 atom stereocenters. The largest absolute Gasteiger partial charge is 0.469 e. The smallest absolute Gasteiger partial charge is 0.307 e. The van der Waals surface area contributed by atoms with Crippen molar-refractivity contribution in [3.63, 3.8) is 0 Å². The van der Waals surface area contributed by atoms with E-state index in [9.17, 15) is 4.79 Å². The lowest BCUT2D eigenvalue weighted by Crippen LogP contribution is -2.50. The van der Waals surface area contributed by atoms with Gasteiger partial charge >= 0.3 is 5.97 Å². The van der Waals surface area contributed by atoms with E-state index in [0.29, 0.717) is 31.4 Å². The minimum atomic E-state index is -0.233. The molecule has 0 amide bonds. The van der Waals surface area contributed by atoms with Crippen LogP contribution in [0.4, 0.5) is 0 Å². The highest BCUT2D eigenvalue weighted by Gasteiger charge is 2.21. The van der Waals surface area contributed by atoms with Crippen LogP contribution in [-0.2, 0) is 14.3 Å². The first kappa shape index (κ1) is 18.7. The van der Waals surface area contributed by atoms with Gasteiger partial charge in [-0.1, -0.05) is 13.8 Å². The first-order valence-corrected chi connectivity index (χ1v) is 7.90. The number of esters is 1. The standard InChI is InChI=1S/C15H30N4O3/c1-12(2)10-19-7-8-22-13(11-19)9-18-15(16-3)17-6-5-14(20)21-4/h12-13H,5-11H2,1-4H3,(H2,16,17,18). The SMILES string of the molecule is CN=C(NCCC(=O)OC)NCC1CN(CC(C)C)CCO1. The average molecular weight is 314 g/mol. The fraction of sp³-hybridized carbons (Fsp3) is 0.867. The molecule has 0 aliphatic carbocycles. The molecule has 1 rings (SSSR count). The summed E-state index contributed by atoms with van der Waals surface area (Å²) in [5.74, 6) is 1.11. The van der Waals surface area contributed by atoms with E-state index in [-0.39, 0.29) is 12.1 Å². The van der Waals surface area contributed by atoms with Gasteiger partial charge in [0, 0.05) is 39.8 Å². The maximum Gasteiger partial charge on any atom is 0.307 e. The summed E-state index contributed by atoms with van der Waals surface area (Å²) >= 11 is 0. The van der Waals surface area contributed by atoms with Gasteiger partial charge in [-0.3, -0.25) is 14.7 Å². The van der Waals surface area contributed by atoms with Gasteiger partial charge in [0.05, 0.1) is 26.2 Å². The molecular weight excluding hydrogens is 284 g/mol. The summed E-state index contributed by atoms with van der Waals surface area (Å²) in [5, 5.41) is 6.33. The Morgan fingerprint density at radius 3 is 2.86 bits per heavy atom. The Labute approximate surface area is 133 Å². The number of nitrogens with one attached hydrogen (secondary N) is 2. The van der Waals surface area contributed by atoms with E-state index in [4.69, 9.17) is 4.74 Å². The first-order valence-electron chi connectivity index (χ1n) is 7.90. The molecule has 1 heterocycles. The maximum absolute atomic E-state index is 11.1. The molecule has 7 nitrogen and oxygen atoms in total. The lowest BCUT2D eigenvalue weighted by atomic mass is 10.2. The molecule has 0 bridgehead atoms. The average Bonchev–Trinajstić information content (AvgIpc) is 2.50. The Hall–Kier alpha value is -1.34. The monoisotopic (exact) mass is 314 g/mol. The molecule has 0 aromatic heterocycles. The summed E-state index contributed by atoms with van der Waals surface area (Å²) in [6.07, 6.45) is 0.478. The summed E-state index contributed by atoms with van der Waals surface area (Å²) < 4.78 is 10.4. The van der Waals surface area contributed by atoms with Crippen LogP contribution in [0.5, 0.6) is 0 Å². The Morgan fingerprint density at radius 2 is 2.23 bits per heavy atom. The van der Waals surface area contributed by atoms with Crippen molar-refractivity contribution in [3.05, 3.63) is 0 Å². The number of ether oxygens (including phenoxy) is 2. The number of morpholine rings is 1. The lowest BCUT2D eigenvalue weighted by Gasteiger charge is -2.34. The van der Waals surface area contributed by atoms with E-state index in [1.165, 1.54) is 7.11 Å². The number of carbonyl (C=O) groups is 1. The lowest BCUT2D eigenvalue weighted by molar-refractivity contribution is -0.140. The number of hydrogen-bond donors (Lipinski definition) is 2. The van der Waals surface area contributed by atoms with Crippen LogP contribution in [0, 0.1) is 5.92 Å². The Morgan fingerprint density at radius 1 is 1.45 bits per heavy atom. The third-order valence-electron chi connectivity index (χ3n) is 3.42. The van der Waals surface area contributed by atoms with Crippen LogP contribution in [0.1, 0.15) is 20.3 Å². The number of guanidine groups is 1. The van der Waals surface area contributed by atoms with Crippen molar-refractivity contribution in [2.45, 2.75) is 26.4 Å². The molecule has 22 heavy (non-hydrogen) atoms. The van der Waals surface area contributed by atoms with Gasteiger partial charge in [0.1, 0.15) is 0 Å². The third kappa shape index (κ3) is 7.61. The van der Waals surface area contributed by atoms with E-state index < -0.39 is 0 Å². The molecule has 0 aromatic carbocycles. The molecule has 1 unspecified atom stereocenters. The summed E-state index contributed by atoms with van der Waals surface area (Å²) in [4.78, 5) is 17.6. The molecule has 1 fully saturated rings. The van der Waals surface area contributed by atoms with Crippen LogP contribution in [0.15, 0.2) is 4.99 Å². The second-order valence-corrected chi connectivity index (χ2v) is 5.85. The fourth-order valence-electron chi connectivity index (χ4n) is 2.40. The van der Waals surface area contributed by atoms with Crippen LogP contribution < -0.4 is 10.6 Å². The number of hydrogen-bond acceptors (Lipinski definition) is 5. The number of aliphatic imine (C=N–C) groups is 1. The van der Waals surface area contributed by atoms with Crippen molar-refractivity contribution in [1.82, 2.24) is 15.5 Å². The van der Waals surface area contributed by atoms with E-state index in [2.05, 4.69) is 39.1 Å². The first-order chi connectivity index (χ1) is 10.5. The molecule has 0 saturated carbocycles. The van der Waals surface area contributed by atoms with E-state index >= 15 is 0 Å². The van der Waals surface area contributed by atoms with Crippen LogP contribution in [-0.4, -0.2) is 76.4 Å². The number of methoxy groups -OCH3 is 1. The van der Waals surface area contributed by atoms with Gasteiger partial charge in [-0.15, -0.1) is 0 Å². The molecule has 7 heteroatoms. The van der Waals surface area contributed by atoms with Crippen molar-refractivity contribution in [3.8, 4) is 0 Å². The summed E-state index contributed by atoms with van der Waals surface area (Å²) in [5.41, 5.74) is 0. The van der Waals surface area contributed by atoms with Crippen LogP contribution >= 0.6 is 0 Å². The highest BCUT2D eigenvalue weighted by molar-refractivity contribution is 5.80. The Bertz CT molecular complexity index is 361. The summed E-state index contributed by atoms with van der Waals surface area (Å²) in [6.45, 7) is 9.47. The predicted octanol–water partition coefficient (Wildman–Crippen LogP) is 0.0713. The predicted molar refractivity (Wildman–Crippen MR) is 87.0 cm³/mol. The normalized spacial score (nSPS) is 20.0. The molecule has 2 N–H and O–H groups in total. The van der Waals surface area contributed by atoms with Crippen molar-refractivity contribution in [2.24, 2.45) is 10.9 Å². The number of carbonyl (C=O) groups excluding carboxylic acids is 1. The minimum Gasteiger partial charge on any atom is -0.469 e. The van der Waals surface area contributed by atoms with Crippen LogP contribution in [0.3, 0.4) is 0 Å². The zero-order chi connectivity index (χ0) is 16.4. The second kappa shape index (κ2) is 10.4. The number of rotatable bonds is 7. The number of nitrogens with zero attached hydrogens (tertiary/aromatic N) is 2. The van der Waals surface area contributed by atoms with Gasteiger partial charge in [0.15, 0.2) is 5.96 Å². The van der Waals surface area contributed by atoms with Gasteiger partial charge in [-0.05, 0) is 5.92 Å². The van der Waals surface area contributed by atoms with E-state index in [0.717, 1.165) is 26.2 Å². The molecule has 1 aliphatic rings. The molecule has 128 valence electrons. The third-order valence-corrected chi connectivity index (χ3v) is 3.42. The molecule has 1 aliphatic heterocycles. The summed E-state index contributed by atoms with van der Waals surface area (Å²) in [6, 6.07) is 0. The minimum absolute atomic E-state index is 0.159. The summed E-state index contributed by atoms with van der Waals surface area (Å²) in [7, 11) is 3.10. The molecule has 0 aromatic rings. The van der Waals surface area contributed by atoms with E-state index in [1.54, 1.807) is 7.05 Å². The van der Waals surface area contributed by atoms with Crippen molar-refractivity contribution in [1.29, 1.82) is 0 Å². The second-order valence-electron chi connectivity index (χ2n) is 5.85. The highest BCUT2D eigenvalue weighted by Crippen LogP contribution is 2.07. The topological polar surface area (TPSA) is 75.2 Å². The fourth-order valence-corrected chi connectivity index (χ4v) is 2.40. The zero-order valence-corrected chi connectivity index (χ0v) is 14.2. The van der Waals surface area contributed by atoms with Gasteiger partial charge in [-0.25, -0.2) is 0 Å². The zero-order valence-electron chi connectivity index (χ0n) is 14.2. The van der Waals surface area contributed by atoms with Gasteiger partial charge in [0.2, 0.25) is 0 Å². The highest BCUT2D eigenvalue weighted by atomic mass is 16.5. The van der Waals surface area contributed by atoms with Crippen LogP contribution in [0.2, 0.25) is 0 Å². The quantitative estimate of drug-likeness (QED) is 0.393.